The average Bonchev–Trinajstić information content (AvgIpc) is 1.58. The molecule has 0 aliphatic carbocycles. The molecule has 3 fully saturated rings. The number of likely N-dealkylation sites (N-methyl/N-ethyl adjacent to an activating group) is 2. The maximum Gasteiger partial charge on any atom is 0.261 e. The van der Waals surface area contributed by atoms with E-state index in [1.807, 2.05) is 73.8 Å². The van der Waals surface area contributed by atoms with Crippen molar-refractivity contribution in [3.05, 3.63) is 181 Å². The third-order valence-electron chi connectivity index (χ3n) is 18.5. The summed E-state index contributed by atoms with van der Waals surface area (Å²) in [5.74, 6) is -4.76. The van der Waals surface area contributed by atoms with Crippen LogP contribution in [0.15, 0.2) is 129 Å². The molecule has 30 heteroatoms. The molecule has 12 aromatic rings. The van der Waals surface area contributed by atoms with Crippen molar-refractivity contribution in [3.8, 4) is 34.9 Å². The van der Waals surface area contributed by atoms with Gasteiger partial charge < -0.3 is 73.7 Å². The second-order valence-corrected chi connectivity index (χ2v) is 24.8. The summed E-state index contributed by atoms with van der Waals surface area (Å²) in [7, 11) is 7.66. The minimum atomic E-state index is -0.839. The quantitative estimate of drug-likeness (QED) is 0.0660. The summed E-state index contributed by atoms with van der Waals surface area (Å²) in [5.41, 5.74) is 7.88. The third kappa shape index (κ3) is 14.9. The zero-order valence-electron chi connectivity index (χ0n) is 57.4. The number of halogens is 6. The van der Waals surface area contributed by atoms with Crippen LogP contribution in [0.1, 0.15) is 24.0 Å². The Morgan fingerprint density at radius 3 is 1.02 bits per heavy atom. The van der Waals surface area contributed by atoms with E-state index in [1.165, 1.54) is 18.2 Å². The molecule has 0 bridgehead atoms. The summed E-state index contributed by atoms with van der Waals surface area (Å²) < 4.78 is 112. The van der Waals surface area contributed by atoms with Crippen LogP contribution in [0, 0.1) is 55.7 Å². The van der Waals surface area contributed by atoms with E-state index in [9.17, 15) is 4.39 Å². The van der Waals surface area contributed by atoms with Gasteiger partial charge in [-0.3, -0.25) is 0 Å². The van der Waals surface area contributed by atoms with Crippen LogP contribution in [0.2, 0.25) is 0 Å². The number of hydrogen-bond acceptors (Lipinski definition) is 21. The number of nitrogens with zero attached hydrogens (tertiary/aromatic N) is 17. The average molecular weight is 1400 g/mol. The van der Waals surface area contributed by atoms with Gasteiger partial charge in [-0.2, -0.15) is 28.1 Å². The predicted octanol–water partition coefficient (Wildman–Crippen LogP) is 12.8. The van der Waals surface area contributed by atoms with E-state index in [0.717, 1.165) is 155 Å². The minimum Gasteiger partial charge on any atom is -0.433 e. The molecule has 3 saturated heterocycles. The SMILES string of the molecule is CCN1CCN(c2ccc(Nc3ncnc(Oc4ccc5c(cc(C)n5C)c4F)c3F)nc2)CC1.Cc1cc2c(F)c(Oc3ncnc(Nc4ccc(N5CCN(C)CC5)cn4)c3F)ccc2n1C.Cc1cc2c(F)c(Oc3ncnc(Nc4ccc(N5CCNCC5)cn4)c3F)ccc2n1C. The van der Waals surface area contributed by atoms with Gasteiger partial charge in [0.2, 0.25) is 17.5 Å². The van der Waals surface area contributed by atoms with Crippen molar-refractivity contribution in [2.24, 2.45) is 21.1 Å². The zero-order chi connectivity index (χ0) is 71.3. The molecule has 3 aliphatic heterocycles. The smallest absolute Gasteiger partial charge is 0.261 e. The Hall–Kier alpha value is -11.4. The molecule has 24 nitrogen and oxygen atoms in total. The number of aromatic nitrogens is 12. The summed E-state index contributed by atoms with van der Waals surface area (Å²) in [6, 6.07) is 25.8. The molecule has 0 unspecified atom stereocenters. The largest absolute Gasteiger partial charge is 0.433 e. The lowest BCUT2D eigenvalue weighted by Gasteiger charge is -2.35. The summed E-state index contributed by atoms with van der Waals surface area (Å²) in [4.78, 5) is 48.0. The highest BCUT2D eigenvalue weighted by molar-refractivity contribution is 5.85. The second-order valence-electron chi connectivity index (χ2n) is 24.8. The van der Waals surface area contributed by atoms with Gasteiger partial charge in [0.1, 0.15) is 36.4 Å². The number of hydrogen-bond donors (Lipinski definition) is 4. The summed E-state index contributed by atoms with van der Waals surface area (Å²) >= 11 is 0. The number of aryl methyl sites for hydroxylation is 6. The van der Waals surface area contributed by atoms with Crippen molar-refractivity contribution in [3.63, 3.8) is 0 Å². The molecular formula is C72H75F6N21O3. The van der Waals surface area contributed by atoms with E-state index in [2.05, 4.69) is 105 Å². The lowest BCUT2D eigenvalue weighted by Crippen LogP contribution is -2.46. The first-order valence-corrected chi connectivity index (χ1v) is 33.2. The molecule has 0 atom stereocenters. The van der Waals surface area contributed by atoms with Gasteiger partial charge in [-0.05, 0) is 125 Å². The molecule has 0 radical (unpaired) electrons. The minimum absolute atomic E-state index is 0.108. The van der Waals surface area contributed by atoms with E-state index >= 15 is 22.0 Å². The Balaban J connectivity index is 0.000000137. The molecule has 0 spiro atoms. The summed E-state index contributed by atoms with van der Waals surface area (Å²) in [6.07, 6.45) is 8.70. The lowest BCUT2D eigenvalue weighted by molar-refractivity contribution is 0.271. The highest BCUT2D eigenvalue weighted by atomic mass is 19.1. The number of rotatable bonds is 16. The Morgan fingerprint density at radius 1 is 0.382 bits per heavy atom. The van der Waals surface area contributed by atoms with Crippen LogP contribution in [-0.2, 0) is 21.1 Å². The number of fused-ring (bicyclic) bond motifs is 3. The molecular weight excluding hydrogens is 1320 g/mol. The van der Waals surface area contributed by atoms with Gasteiger partial charge in [0.15, 0.2) is 52.2 Å². The van der Waals surface area contributed by atoms with Crippen molar-refractivity contribution in [2.75, 3.05) is 123 Å². The first-order chi connectivity index (χ1) is 49.3. The zero-order valence-corrected chi connectivity index (χ0v) is 57.4. The van der Waals surface area contributed by atoms with Crippen molar-refractivity contribution in [1.82, 2.24) is 73.7 Å². The normalized spacial score (nSPS) is 14.4. The van der Waals surface area contributed by atoms with Crippen LogP contribution >= 0.6 is 0 Å². The highest BCUT2D eigenvalue weighted by Crippen LogP contribution is 2.38. The maximum absolute atomic E-state index is 15.1. The molecule has 528 valence electrons. The van der Waals surface area contributed by atoms with Gasteiger partial charge in [0, 0.05) is 133 Å². The monoisotopic (exact) mass is 1400 g/mol. The first-order valence-electron chi connectivity index (χ1n) is 33.2. The Kier molecular flexibility index (Phi) is 20.5. The van der Waals surface area contributed by atoms with Gasteiger partial charge in [-0.1, -0.05) is 6.92 Å². The van der Waals surface area contributed by atoms with Crippen molar-refractivity contribution >= 4 is 84.7 Å². The fourth-order valence-corrected chi connectivity index (χ4v) is 12.2. The molecule has 15 rings (SSSR count). The van der Waals surface area contributed by atoms with Gasteiger partial charge >= 0.3 is 0 Å². The summed E-state index contributed by atoms with van der Waals surface area (Å²) in [5, 5.41) is 13.0. The Labute approximate surface area is 583 Å². The topological polar surface area (TPSA) is 223 Å². The highest BCUT2D eigenvalue weighted by Gasteiger charge is 2.25. The van der Waals surface area contributed by atoms with Crippen LogP contribution < -0.4 is 50.2 Å². The van der Waals surface area contributed by atoms with Crippen molar-refractivity contribution in [1.29, 1.82) is 0 Å². The molecule has 12 heterocycles. The molecule has 4 N–H and O–H groups in total. The van der Waals surface area contributed by atoms with Crippen LogP contribution in [0.4, 0.5) is 78.3 Å². The van der Waals surface area contributed by atoms with Gasteiger partial charge in [-0.15, -0.1) is 0 Å². The van der Waals surface area contributed by atoms with E-state index in [-0.39, 0.29) is 52.3 Å². The Bertz CT molecular complexity index is 4960. The third-order valence-corrected chi connectivity index (χ3v) is 18.5. The maximum atomic E-state index is 15.1. The van der Waals surface area contributed by atoms with Crippen molar-refractivity contribution in [2.45, 2.75) is 27.7 Å². The Morgan fingerprint density at radius 2 is 0.706 bits per heavy atom. The van der Waals surface area contributed by atoms with E-state index < -0.39 is 34.9 Å². The lowest BCUT2D eigenvalue weighted by atomic mass is 10.2. The number of nitrogens with one attached hydrogen (secondary N) is 4. The van der Waals surface area contributed by atoms with Gasteiger partial charge in [0.05, 0.1) is 52.2 Å². The van der Waals surface area contributed by atoms with Crippen LogP contribution in [0.5, 0.6) is 34.9 Å². The molecule has 0 saturated carbocycles. The molecule has 102 heavy (non-hydrogen) atoms. The van der Waals surface area contributed by atoms with Crippen molar-refractivity contribution < 1.29 is 40.6 Å². The standard InChI is InChI=1S/C25H27F2N7O.C24H25F2N7O.C23H23F2N7O/c1-4-33-9-11-34(12-10-33)17-5-8-21(28-14-17)31-24-23(27)25(30-15-29-24)35-20-7-6-19-18(22(20)26)13-16(2)32(19)3;1-15-12-17-18(32(15)3)5-6-19(21(17)25)34-24-22(26)23(28-14-29-24)30-20-7-4-16(13-27-20)33-10-8-31(2)9-11-33;1-14-11-16-17(31(14)2)4-5-18(20(16)24)33-23-21(25)22(28-13-29-23)30-19-6-3-15(12-27-19)32-9-7-26-8-10-32/h5-8,13-15H,4,9-12H2,1-3H3,(H,28,29,30,31);4-7,12-14H,8-11H2,1-3H3,(H,27,28,29,30);3-6,11-13,26H,7-10H2,1-2H3,(H,27,28,29,30). The molecule has 9 aromatic heterocycles. The second kappa shape index (κ2) is 30.2. The number of pyridine rings is 3. The van der Waals surface area contributed by atoms with Crippen LogP contribution in [0.25, 0.3) is 32.7 Å². The number of anilines is 9. The van der Waals surface area contributed by atoms with E-state index in [0.29, 0.717) is 33.6 Å². The fraction of sp³-hybridized carbons (Fsp3) is 0.292. The van der Waals surface area contributed by atoms with E-state index in [1.54, 1.807) is 73.2 Å². The van der Waals surface area contributed by atoms with E-state index in [4.69, 9.17) is 14.2 Å². The fourth-order valence-electron chi connectivity index (χ4n) is 12.2. The molecule has 0 amide bonds. The first kappa shape index (κ1) is 69.1. The van der Waals surface area contributed by atoms with Gasteiger partial charge in [0.25, 0.3) is 17.6 Å². The summed E-state index contributed by atoms with van der Waals surface area (Å²) in [6.45, 7) is 20.3. The number of ether oxygens (including phenoxy) is 3. The molecule has 3 aliphatic rings. The molecule has 3 aromatic carbocycles. The number of piperazine rings is 3. The number of benzene rings is 3. The van der Waals surface area contributed by atoms with Crippen LogP contribution in [-0.4, -0.2) is 160 Å². The van der Waals surface area contributed by atoms with Crippen LogP contribution in [0.3, 0.4) is 0 Å². The predicted molar refractivity (Wildman–Crippen MR) is 381 cm³/mol. The van der Waals surface area contributed by atoms with Gasteiger partial charge in [-0.25, -0.2) is 43.1 Å².